The van der Waals surface area contributed by atoms with E-state index in [9.17, 15) is 13.6 Å². The van der Waals surface area contributed by atoms with Crippen LogP contribution in [0.2, 0.25) is 0 Å². The number of carbonyl (C=O) groups excluding carboxylic acids is 1. The van der Waals surface area contributed by atoms with Crippen LogP contribution in [0, 0.1) is 6.92 Å². The van der Waals surface area contributed by atoms with Crippen LogP contribution < -0.4 is 10.1 Å². The van der Waals surface area contributed by atoms with Crippen LogP contribution in [0.5, 0.6) is 5.75 Å². The molecule has 160 valence electrons. The molecule has 1 amide bonds. The van der Waals surface area contributed by atoms with Gasteiger partial charge in [0, 0.05) is 44.0 Å². The highest BCUT2D eigenvalue weighted by molar-refractivity contribution is 5.76. The van der Waals surface area contributed by atoms with Crippen molar-refractivity contribution >= 4 is 12.1 Å². The molecule has 0 spiro atoms. The van der Waals surface area contributed by atoms with Crippen molar-refractivity contribution in [1.82, 2.24) is 9.88 Å². The zero-order chi connectivity index (χ0) is 22.0. The van der Waals surface area contributed by atoms with Gasteiger partial charge in [-0.2, -0.15) is 8.78 Å². The van der Waals surface area contributed by atoms with E-state index < -0.39 is 6.11 Å². The van der Waals surface area contributed by atoms with E-state index in [1.165, 1.54) is 11.1 Å². The number of carbonyl (C=O) groups is 1. The van der Waals surface area contributed by atoms with Gasteiger partial charge in [0.15, 0.2) is 0 Å². The number of pyridine rings is 1. The molecule has 2 aromatic carbocycles. The maximum atomic E-state index is 13.0. The molecule has 0 fully saturated rings. The van der Waals surface area contributed by atoms with Crippen molar-refractivity contribution in [1.29, 1.82) is 0 Å². The first-order valence-corrected chi connectivity index (χ1v) is 9.97. The lowest BCUT2D eigenvalue weighted by Crippen LogP contribution is -2.19. The molecule has 0 radical (unpaired) electrons. The Hall–Kier alpha value is -3.32. The van der Waals surface area contributed by atoms with Crippen molar-refractivity contribution in [2.75, 3.05) is 5.32 Å². The number of alkyl halides is 2. The molecule has 1 N–H and O–H groups in total. The summed E-state index contributed by atoms with van der Waals surface area (Å²) in [7, 11) is 0. The molecule has 0 unspecified atom stereocenters. The highest BCUT2D eigenvalue weighted by atomic mass is 19.3. The van der Waals surface area contributed by atoms with E-state index in [-0.39, 0.29) is 5.75 Å². The quantitative estimate of drug-likeness (QED) is 0.535. The van der Waals surface area contributed by atoms with Gasteiger partial charge in [-0.05, 0) is 65.6 Å². The minimum absolute atomic E-state index is 0.149. The first-order valence-electron chi connectivity index (χ1n) is 9.97. The van der Waals surface area contributed by atoms with Gasteiger partial charge in [-0.15, -0.1) is 0 Å². The smallest absolute Gasteiger partial charge is 0.394 e. The second-order valence-electron chi connectivity index (χ2n) is 7.89. The molecule has 0 bridgehead atoms. The number of aromatic nitrogens is 1. The first-order chi connectivity index (χ1) is 14.8. The summed E-state index contributed by atoms with van der Waals surface area (Å²) in [4.78, 5) is 17.7. The number of halogens is 2. The van der Waals surface area contributed by atoms with E-state index in [0.717, 1.165) is 48.1 Å². The first kappa shape index (κ1) is 20.9. The van der Waals surface area contributed by atoms with Gasteiger partial charge in [0.2, 0.25) is 6.41 Å². The van der Waals surface area contributed by atoms with Crippen LogP contribution in [-0.4, -0.2) is 22.4 Å². The van der Waals surface area contributed by atoms with Gasteiger partial charge in [-0.1, -0.05) is 12.1 Å². The molecule has 5 nitrogen and oxygen atoms in total. The number of anilines is 1. The lowest BCUT2D eigenvalue weighted by molar-refractivity contribution is -0.158. The molecule has 0 atom stereocenters. The van der Waals surface area contributed by atoms with Gasteiger partial charge in [0.1, 0.15) is 5.75 Å². The third-order valence-corrected chi connectivity index (χ3v) is 5.10. The summed E-state index contributed by atoms with van der Waals surface area (Å²) < 4.78 is 30.5. The molecule has 0 saturated heterocycles. The van der Waals surface area contributed by atoms with Crippen molar-refractivity contribution in [2.24, 2.45) is 0 Å². The minimum Gasteiger partial charge on any atom is -0.433 e. The fourth-order valence-corrected chi connectivity index (χ4v) is 3.83. The van der Waals surface area contributed by atoms with Crippen LogP contribution in [0.3, 0.4) is 0 Å². The van der Waals surface area contributed by atoms with Gasteiger partial charge < -0.3 is 10.1 Å². The van der Waals surface area contributed by atoms with E-state index >= 15 is 0 Å². The van der Waals surface area contributed by atoms with Gasteiger partial charge in [-0.3, -0.25) is 14.7 Å². The third kappa shape index (κ3) is 5.24. The molecule has 7 heteroatoms. The SMILES string of the molecule is Cc1cc(NC=O)cc(-c2cc3c(cn2)CN(Cc2ccc(OC(C)(F)F)cc2)C3)c1. The monoisotopic (exact) mass is 423 g/mol. The molecule has 1 aliphatic rings. The van der Waals surface area contributed by atoms with Crippen molar-refractivity contribution in [3.63, 3.8) is 0 Å². The van der Waals surface area contributed by atoms with Crippen LogP contribution >= 0.6 is 0 Å². The van der Waals surface area contributed by atoms with Gasteiger partial charge in [-0.25, -0.2) is 0 Å². The lowest BCUT2D eigenvalue weighted by Gasteiger charge is -2.16. The van der Waals surface area contributed by atoms with Crippen LogP contribution in [0.1, 0.15) is 29.2 Å². The highest BCUT2D eigenvalue weighted by Gasteiger charge is 2.23. The number of fused-ring (bicyclic) bond motifs is 1. The highest BCUT2D eigenvalue weighted by Crippen LogP contribution is 2.30. The number of benzene rings is 2. The number of amides is 1. The standard InChI is InChI=1S/C24H23F2N3O2/c1-16-7-18(9-21(8-16)28-15-30)23-10-19-13-29(14-20(19)11-27-23)12-17-3-5-22(6-4-17)31-24(2,25)26/h3-11,15H,12-14H2,1-2H3,(H,28,30). The van der Waals surface area contributed by atoms with Crippen molar-refractivity contribution in [2.45, 2.75) is 39.6 Å². The van der Waals surface area contributed by atoms with Crippen LogP contribution in [0.4, 0.5) is 14.5 Å². The molecule has 0 saturated carbocycles. The van der Waals surface area contributed by atoms with Crippen molar-refractivity contribution < 1.29 is 18.3 Å². The Balaban J connectivity index is 1.46. The molecule has 0 aliphatic carbocycles. The fraction of sp³-hybridized carbons (Fsp3) is 0.250. The fourth-order valence-electron chi connectivity index (χ4n) is 3.83. The Morgan fingerprint density at radius 3 is 2.58 bits per heavy atom. The molecular weight excluding hydrogens is 400 g/mol. The van der Waals surface area contributed by atoms with Gasteiger partial charge >= 0.3 is 6.11 Å². The summed E-state index contributed by atoms with van der Waals surface area (Å²) in [6, 6.07) is 14.7. The van der Waals surface area contributed by atoms with Crippen LogP contribution in [0.15, 0.2) is 54.7 Å². The van der Waals surface area contributed by atoms with E-state index in [0.29, 0.717) is 13.0 Å². The van der Waals surface area contributed by atoms with Gasteiger partial charge in [0.25, 0.3) is 0 Å². The third-order valence-electron chi connectivity index (χ3n) is 5.10. The van der Waals surface area contributed by atoms with Crippen LogP contribution in [-0.2, 0) is 24.4 Å². The van der Waals surface area contributed by atoms with Crippen molar-refractivity contribution in [3.8, 4) is 17.0 Å². The second-order valence-corrected chi connectivity index (χ2v) is 7.89. The average Bonchev–Trinajstić information content (AvgIpc) is 3.09. The molecule has 3 aromatic rings. The summed E-state index contributed by atoms with van der Waals surface area (Å²) in [6.45, 7) is 4.96. The molecule has 4 rings (SSSR count). The van der Waals surface area contributed by atoms with E-state index in [4.69, 9.17) is 0 Å². The number of ether oxygens (including phenoxy) is 1. The van der Waals surface area contributed by atoms with Crippen LogP contribution in [0.25, 0.3) is 11.3 Å². The number of hydrogen-bond donors (Lipinski definition) is 1. The number of nitrogens with zero attached hydrogens (tertiary/aromatic N) is 2. The molecule has 31 heavy (non-hydrogen) atoms. The zero-order valence-electron chi connectivity index (χ0n) is 17.4. The Bertz CT molecular complexity index is 1090. The van der Waals surface area contributed by atoms with E-state index in [2.05, 4.69) is 26.0 Å². The summed E-state index contributed by atoms with van der Waals surface area (Å²) in [5.41, 5.74) is 7.00. The van der Waals surface area contributed by atoms with E-state index in [1.807, 2.05) is 43.5 Å². The molecular formula is C24H23F2N3O2. The van der Waals surface area contributed by atoms with Crippen molar-refractivity contribution in [3.05, 3.63) is 77.0 Å². The number of nitrogens with one attached hydrogen (secondary N) is 1. The Morgan fingerprint density at radius 1 is 1.13 bits per heavy atom. The topological polar surface area (TPSA) is 54.5 Å². The van der Waals surface area contributed by atoms with E-state index in [1.54, 1.807) is 12.1 Å². The Kier molecular flexibility index (Phi) is 5.69. The normalized spacial score (nSPS) is 13.7. The summed E-state index contributed by atoms with van der Waals surface area (Å²) >= 11 is 0. The predicted octanol–water partition coefficient (Wildman–Crippen LogP) is 5.13. The summed E-state index contributed by atoms with van der Waals surface area (Å²) in [5.74, 6) is 0.149. The predicted molar refractivity (Wildman–Crippen MR) is 115 cm³/mol. The number of rotatable bonds is 7. The number of hydrogen-bond acceptors (Lipinski definition) is 4. The maximum absolute atomic E-state index is 13.0. The molecule has 2 heterocycles. The number of aryl methyl sites for hydroxylation is 1. The largest absolute Gasteiger partial charge is 0.433 e. The summed E-state index contributed by atoms with van der Waals surface area (Å²) in [5, 5.41) is 2.69. The lowest BCUT2D eigenvalue weighted by atomic mass is 10.0. The Labute approximate surface area is 179 Å². The second kappa shape index (κ2) is 8.43. The molecule has 1 aromatic heterocycles. The maximum Gasteiger partial charge on any atom is 0.394 e. The minimum atomic E-state index is -3.19. The Morgan fingerprint density at radius 2 is 1.87 bits per heavy atom. The van der Waals surface area contributed by atoms with Gasteiger partial charge in [0.05, 0.1) is 5.69 Å². The average molecular weight is 423 g/mol. The molecule has 1 aliphatic heterocycles. The zero-order valence-corrected chi connectivity index (χ0v) is 17.4. The summed E-state index contributed by atoms with van der Waals surface area (Å²) in [6.07, 6.45) is -0.622.